The summed E-state index contributed by atoms with van der Waals surface area (Å²) in [6.07, 6.45) is 0. The van der Waals surface area contributed by atoms with Gasteiger partial charge >= 0.3 is 0 Å². The van der Waals surface area contributed by atoms with Crippen molar-refractivity contribution in [1.82, 2.24) is 5.32 Å². The molecule has 3 aromatic carbocycles. The van der Waals surface area contributed by atoms with Crippen molar-refractivity contribution >= 4 is 22.6 Å². The van der Waals surface area contributed by atoms with E-state index in [1.807, 2.05) is 60.7 Å². The van der Waals surface area contributed by atoms with Crippen molar-refractivity contribution < 1.29 is 23.7 Å². The lowest BCUT2D eigenvalue weighted by Crippen LogP contribution is -2.34. The van der Waals surface area contributed by atoms with E-state index in [1.165, 1.54) is 24.3 Å². The molecular formula is C23H20N2O6S. The number of rotatable bonds is 9. The fraction of sp³-hybridized carbons (Fsp3) is 0.130. The number of nitrogens with one attached hydrogen (secondary N) is 1. The molecule has 0 saturated heterocycles. The maximum absolute atomic E-state index is 13.1. The first-order chi connectivity index (χ1) is 15.4. The topological polar surface area (TPSA) is 116 Å². The van der Waals surface area contributed by atoms with Gasteiger partial charge in [0.2, 0.25) is 5.91 Å². The van der Waals surface area contributed by atoms with E-state index in [2.05, 4.69) is 10.2 Å². The van der Waals surface area contributed by atoms with Gasteiger partial charge in [-0.3, -0.25) is 19.1 Å². The van der Waals surface area contributed by atoms with Gasteiger partial charge in [-0.25, -0.2) is 0 Å². The largest absolute Gasteiger partial charge is 0.309 e. The maximum atomic E-state index is 13.1. The van der Waals surface area contributed by atoms with E-state index in [1.54, 1.807) is 0 Å². The predicted molar refractivity (Wildman–Crippen MR) is 118 cm³/mol. The summed E-state index contributed by atoms with van der Waals surface area (Å²) in [7, 11) is -1.62. The minimum atomic E-state index is -1.62. The van der Waals surface area contributed by atoms with Gasteiger partial charge in [-0.05, 0) is 28.8 Å². The van der Waals surface area contributed by atoms with Crippen LogP contribution in [-0.2, 0) is 27.0 Å². The van der Waals surface area contributed by atoms with E-state index in [0.717, 1.165) is 11.1 Å². The first-order valence-corrected chi connectivity index (χ1v) is 11.0. The predicted octanol–water partition coefficient (Wildman–Crippen LogP) is 3.19. The zero-order chi connectivity index (χ0) is 22.9. The van der Waals surface area contributed by atoms with E-state index in [-0.39, 0.29) is 17.9 Å². The molecule has 3 aromatic rings. The van der Waals surface area contributed by atoms with Gasteiger partial charge in [-0.15, -0.1) is 10.1 Å². The van der Waals surface area contributed by atoms with Gasteiger partial charge in [0.25, 0.3) is 11.0 Å². The summed E-state index contributed by atoms with van der Waals surface area (Å²) in [5.74, 6) is -1.66. The summed E-state index contributed by atoms with van der Waals surface area (Å²) >= 11 is 0. The molecule has 0 fully saturated rings. The molecule has 0 aromatic heterocycles. The molecule has 0 aliphatic heterocycles. The number of hydrogen-bond acceptors (Lipinski definition) is 6. The van der Waals surface area contributed by atoms with Gasteiger partial charge < -0.3 is 4.84 Å². The second-order valence-electron chi connectivity index (χ2n) is 6.80. The van der Waals surface area contributed by atoms with Gasteiger partial charge in [0.1, 0.15) is 12.4 Å². The molecule has 0 aliphatic rings. The number of carbonyl (C=O) groups excluding carboxylic acids is 2. The summed E-state index contributed by atoms with van der Waals surface area (Å²) < 4.78 is 13.1. The summed E-state index contributed by atoms with van der Waals surface area (Å²) in [6, 6.07) is 24.3. The zero-order valence-electron chi connectivity index (χ0n) is 16.9. The number of amides is 2. The molecule has 0 saturated carbocycles. The number of carbonyl (C=O) groups is 2. The molecule has 3 rings (SSSR count). The maximum Gasteiger partial charge on any atom is 0.294 e. The second-order valence-corrected chi connectivity index (χ2v) is 8.32. The highest BCUT2D eigenvalue weighted by molar-refractivity contribution is 7.86. The Kier molecular flexibility index (Phi) is 7.82. The van der Waals surface area contributed by atoms with Crippen molar-refractivity contribution in [2.45, 2.75) is 11.9 Å². The first kappa shape index (κ1) is 22.8. The molecule has 9 heteroatoms. The number of imide groups is 1. The van der Waals surface area contributed by atoms with Crippen LogP contribution in [0.15, 0.2) is 84.9 Å². The third-order valence-electron chi connectivity index (χ3n) is 4.55. The van der Waals surface area contributed by atoms with Crippen LogP contribution in [0.1, 0.15) is 32.3 Å². The summed E-state index contributed by atoms with van der Waals surface area (Å²) in [5, 5.41) is 11.1. The smallest absolute Gasteiger partial charge is 0.294 e. The van der Waals surface area contributed by atoms with Crippen molar-refractivity contribution in [3.8, 4) is 0 Å². The zero-order valence-corrected chi connectivity index (χ0v) is 17.7. The van der Waals surface area contributed by atoms with E-state index in [9.17, 15) is 23.9 Å². The first-order valence-electron chi connectivity index (χ1n) is 9.61. The van der Waals surface area contributed by atoms with Crippen molar-refractivity contribution in [2.75, 3.05) is 5.75 Å². The standard InChI is InChI=1S/C23H20N2O6S/c26-21(24-23(27)20-13-11-17(12-14-20)15-31-25(28)29)16-32(30)22(18-7-3-1-4-8-18)19-9-5-2-6-10-19/h1-14,22H,15-16H2,(H,24,26,27). The molecule has 0 bridgehead atoms. The summed E-state index contributed by atoms with van der Waals surface area (Å²) in [5.41, 5.74) is 2.31. The second kappa shape index (κ2) is 11.0. The van der Waals surface area contributed by atoms with Crippen LogP contribution in [0, 0.1) is 10.1 Å². The molecule has 164 valence electrons. The van der Waals surface area contributed by atoms with E-state index >= 15 is 0 Å². The van der Waals surface area contributed by atoms with Gasteiger partial charge in [0, 0.05) is 16.4 Å². The van der Waals surface area contributed by atoms with Crippen molar-refractivity contribution in [2.24, 2.45) is 0 Å². The molecule has 0 heterocycles. The Hall–Kier alpha value is -3.85. The van der Waals surface area contributed by atoms with Crippen LogP contribution in [0.2, 0.25) is 0 Å². The van der Waals surface area contributed by atoms with E-state index in [0.29, 0.717) is 5.56 Å². The molecule has 8 nitrogen and oxygen atoms in total. The van der Waals surface area contributed by atoms with Crippen LogP contribution in [-0.4, -0.2) is 26.9 Å². The van der Waals surface area contributed by atoms with Crippen LogP contribution in [0.4, 0.5) is 0 Å². The summed E-state index contributed by atoms with van der Waals surface area (Å²) in [4.78, 5) is 39.3. The van der Waals surface area contributed by atoms with Crippen LogP contribution >= 0.6 is 0 Å². The van der Waals surface area contributed by atoms with Crippen molar-refractivity contribution in [3.05, 3.63) is 117 Å². The Balaban J connectivity index is 1.65. The lowest BCUT2D eigenvalue weighted by atomic mass is 10.0. The quantitative estimate of drug-likeness (QED) is 0.394. The highest BCUT2D eigenvalue weighted by atomic mass is 32.2. The average Bonchev–Trinajstić information content (AvgIpc) is 2.79. The van der Waals surface area contributed by atoms with Gasteiger partial charge in [0.05, 0.1) is 5.25 Å². The fourth-order valence-electron chi connectivity index (χ4n) is 3.08. The Morgan fingerprint density at radius 3 is 1.94 bits per heavy atom. The molecule has 1 N–H and O–H groups in total. The molecular weight excluding hydrogens is 432 g/mol. The van der Waals surface area contributed by atoms with Crippen molar-refractivity contribution in [3.63, 3.8) is 0 Å². The molecule has 0 radical (unpaired) electrons. The van der Waals surface area contributed by atoms with Crippen molar-refractivity contribution in [1.29, 1.82) is 0 Å². The molecule has 32 heavy (non-hydrogen) atoms. The number of nitrogens with zero attached hydrogens (tertiary/aromatic N) is 1. The molecule has 0 aliphatic carbocycles. The molecule has 1 unspecified atom stereocenters. The highest BCUT2D eigenvalue weighted by Gasteiger charge is 2.24. The minimum Gasteiger partial charge on any atom is -0.309 e. The molecule has 1 atom stereocenters. The van der Waals surface area contributed by atoms with Crippen LogP contribution in [0.25, 0.3) is 0 Å². The lowest BCUT2D eigenvalue weighted by Gasteiger charge is -2.17. The third kappa shape index (κ3) is 6.32. The Morgan fingerprint density at radius 2 is 1.44 bits per heavy atom. The Labute approximate surface area is 186 Å². The van der Waals surface area contributed by atoms with Crippen LogP contribution < -0.4 is 5.32 Å². The average molecular weight is 452 g/mol. The number of benzene rings is 3. The highest BCUT2D eigenvalue weighted by Crippen LogP contribution is 2.28. The van der Waals surface area contributed by atoms with Gasteiger partial charge in [-0.1, -0.05) is 72.8 Å². The normalized spacial score (nSPS) is 11.5. The minimum absolute atomic E-state index is 0.191. The summed E-state index contributed by atoms with van der Waals surface area (Å²) in [6.45, 7) is -0.243. The van der Waals surface area contributed by atoms with Crippen LogP contribution in [0.3, 0.4) is 0 Å². The monoisotopic (exact) mass is 452 g/mol. The lowest BCUT2D eigenvalue weighted by molar-refractivity contribution is -0.763. The van der Waals surface area contributed by atoms with Crippen LogP contribution in [0.5, 0.6) is 0 Å². The molecule has 2 amide bonds. The Morgan fingerprint density at radius 1 is 0.906 bits per heavy atom. The fourth-order valence-corrected chi connectivity index (χ4v) is 4.50. The third-order valence-corrected chi connectivity index (χ3v) is 6.16. The number of hydrogen-bond donors (Lipinski definition) is 1. The van der Waals surface area contributed by atoms with E-state index < -0.39 is 33.0 Å². The molecule has 0 spiro atoms. The van der Waals surface area contributed by atoms with Gasteiger partial charge in [0.15, 0.2) is 0 Å². The van der Waals surface area contributed by atoms with E-state index in [4.69, 9.17) is 0 Å². The SMILES string of the molecule is O=C(CS(=O)C(c1ccccc1)c1ccccc1)NC(=O)c1ccc(CO[N+](=O)[O-])cc1. The Bertz CT molecular complexity index is 1060. The van der Waals surface area contributed by atoms with Gasteiger partial charge in [-0.2, -0.15) is 0 Å².